The Morgan fingerprint density at radius 2 is 2.50 bits per heavy atom. The summed E-state index contributed by atoms with van der Waals surface area (Å²) in [6.45, 7) is 5.68. The van der Waals surface area contributed by atoms with Crippen molar-refractivity contribution in [2.75, 3.05) is 0 Å². The number of hydrogen-bond acceptors (Lipinski definition) is 2. The molecule has 0 aliphatic carbocycles. The lowest BCUT2D eigenvalue weighted by atomic mass is 10.1. The van der Waals surface area contributed by atoms with Gasteiger partial charge in [-0.3, -0.25) is 4.79 Å². The fraction of sp³-hybridized carbons (Fsp3) is 0.300. The van der Waals surface area contributed by atoms with Crippen molar-refractivity contribution in [2.24, 2.45) is 0 Å². The van der Waals surface area contributed by atoms with E-state index >= 15 is 0 Å². The van der Waals surface area contributed by atoms with E-state index in [0.717, 1.165) is 24.7 Å². The first-order valence-electron chi connectivity index (χ1n) is 4.00. The van der Waals surface area contributed by atoms with Gasteiger partial charge in [-0.25, -0.2) is 0 Å². The quantitative estimate of drug-likeness (QED) is 0.505. The average Bonchev–Trinajstić information content (AvgIpc) is 2.52. The van der Waals surface area contributed by atoms with Crippen molar-refractivity contribution < 1.29 is 9.21 Å². The Balaban J connectivity index is 2.90. The maximum Gasteiger partial charge on any atom is 0.153 e. The van der Waals surface area contributed by atoms with E-state index in [0.29, 0.717) is 11.3 Å². The minimum atomic E-state index is 0.420. The maximum absolute atomic E-state index is 10.4. The van der Waals surface area contributed by atoms with Gasteiger partial charge in [-0.1, -0.05) is 19.9 Å². The Labute approximate surface area is 71.9 Å². The van der Waals surface area contributed by atoms with Gasteiger partial charge in [-0.2, -0.15) is 0 Å². The second kappa shape index (κ2) is 3.90. The first kappa shape index (κ1) is 8.78. The Kier molecular flexibility index (Phi) is 2.86. The van der Waals surface area contributed by atoms with Gasteiger partial charge >= 0.3 is 0 Å². The number of furan rings is 1. The molecule has 0 aliphatic heterocycles. The zero-order valence-electron chi connectivity index (χ0n) is 7.17. The Morgan fingerprint density at radius 3 is 3.08 bits per heavy atom. The Hall–Kier alpha value is -1.31. The molecule has 0 N–H and O–H groups in total. The molecule has 0 aromatic carbocycles. The van der Waals surface area contributed by atoms with Gasteiger partial charge < -0.3 is 4.42 Å². The standard InChI is InChI=1S/C10H12O2/c1-3-4-9-5-6-12-10(9)8(2)7-11/h5-7H,2-4H2,1H3. The lowest BCUT2D eigenvalue weighted by Gasteiger charge is -1.97. The van der Waals surface area contributed by atoms with Gasteiger partial charge in [0, 0.05) is 0 Å². The SMILES string of the molecule is C=C(C=O)c1occc1CCC. The third-order valence-electron chi connectivity index (χ3n) is 1.70. The summed E-state index contributed by atoms with van der Waals surface area (Å²) in [4.78, 5) is 10.4. The van der Waals surface area contributed by atoms with Crippen molar-refractivity contribution >= 4 is 11.9 Å². The van der Waals surface area contributed by atoms with E-state index in [2.05, 4.69) is 13.5 Å². The number of hydrogen-bond donors (Lipinski definition) is 0. The predicted molar refractivity (Wildman–Crippen MR) is 47.8 cm³/mol. The average molecular weight is 164 g/mol. The summed E-state index contributed by atoms with van der Waals surface area (Å²) in [6, 6.07) is 1.88. The van der Waals surface area contributed by atoms with Gasteiger partial charge in [0.05, 0.1) is 11.8 Å². The van der Waals surface area contributed by atoms with E-state index in [1.807, 2.05) is 6.07 Å². The number of allylic oxidation sites excluding steroid dienone is 1. The predicted octanol–water partition coefficient (Wildman–Crippen LogP) is 2.44. The normalized spacial score (nSPS) is 9.75. The second-order valence-electron chi connectivity index (χ2n) is 2.67. The van der Waals surface area contributed by atoms with E-state index < -0.39 is 0 Å². The molecule has 0 aliphatic rings. The van der Waals surface area contributed by atoms with Crippen molar-refractivity contribution in [3.63, 3.8) is 0 Å². The number of rotatable bonds is 4. The van der Waals surface area contributed by atoms with Crippen LogP contribution in [0.1, 0.15) is 24.7 Å². The largest absolute Gasteiger partial charge is 0.464 e. The molecule has 0 saturated carbocycles. The van der Waals surface area contributed by atoms with Crippen LogP contribution in [0.3, 0.4) is 0 Å². The third-order valence-corrected chi connectivity index (χ3v) is 1.70. The molecule has 64 valence electrons. The zero-order valence-corrected chi connectivity index (χ0v) is 7.17. The first-order valence-corrected chi connectivity index (χ1v) is 4.00. The van der Waals surface area contributed by atoms with Crippen LogP contribution in [0.15, 0.2) is 23.3 Å². The van der Waals surface area contributed by atoms with Crippen LogP contribution in [0, 0.1) is 0 Å². The summed E-state index contributed by atoms with van der Waals surface area (Å²) < 4.78 is 5.14. The highest BCUT2D eigenvalue weighted by molar-refractivity contribution is 6.04. The summed E-state index contributed by atoms with van der Waals surface area (Å²) in [5, 5.41) is 0. The Bertz CT molecular complexity index is 284. The minimum absolute atomic E-state index is 0.420. The molecule has 0 fully saturated rings. The topological polar surface area (TPSA) is 30.2 Å². The van der Waals surface area contributed by atoms with E-state index in [1.165, 1.54) is 0 Å². The molecular weight excluding hydrogens is 152 g/mol. The van der Waals surface area contributed by atoms with Gasteiger partial charge in [0.15, 0.2) is 6.29 Å². The molecule has 1 rings (SSSR count). The van der Waals surface area contributed by atoms with Crippen molar-refractivity contribution in [3.05, 3.63) is 30.2 Å². The fourth-order valence-electron chi connectivity index (χ4n) is 1.14. The van der Waals surface area contributed by atoms with Gasteiger partial charge in [-0.05, 0) is 18.1 Å². The van der Waals surface area contributed by atoms with Gasteiger partial charge in [-0.15, -0.1) is 0 Å². The molecule has 1 heterocycles. The van der Waals surface area contributed by atoms with Gasteiger partial charge in [0.25, 0.3) is 0 Å². The highest BCUT2D eigenvalue weighted by Crippen LogP contribution is 2.18. The van der Waals surface area contributed by atoms with Crippen LogP contribution < -0.4 is 0 Å². The van der Waals surface area contributed by atoms with Gasteiger partial charge in [0.2, 0.25) is 0 Å². The van der Waals surface area contributed by atoms with Crippen molar-refractivity contribution in [1.29, 1.82) is 0 Å². The van der Waals surface area contributed by atoms with E-state index in [9.17, 15) is 4.79 Å². The first-order chi connectivity index (χ1) is 5.79. The lowest BCUT2D eigenvalue weighted by Crippen LogP contribution is -1.88. The molecule has 0 bridgehead atoms. The molecular formula is C10H12O2. The van der Waals surface area contributed by atoms with Crippen LogP contribution in [0.4, 0.5) is 0 Å². The van der Waals surface area contributed by atoms with Crippen LogP contribution in [-0.4, -0.2) is 6.29 Å². The molecule has 0 atom stereocenters. The van der Waals surface area contributed by atoms with Crippen molar-refractivity contribution in [1.82, 2.24) is 0 Å². The number of carbonyl (C=O) groups excluding carboxylic acids is 1. The Morgan fingerprint density at radius 1 is 1.75 bits per heavy atom. The smallest absolute Gasteiger partial charge is 0.153 e. The summed E-state index contributed by atoms with van der Waals surface area (Å²) >= 11 is 0. The number of aldehydes is 1. The van der Waals surface area contributed by atoms with E-state index in [-0.39, 0.29) is 0 Å². The fourth-order valence-corrected chi connectivity index (χ4v) is 1.14. The van der Waals surface area contributed by atoms with Gasteiger partial charge in [0.1, 0.15) is 5.76 Å². The van der Waals surface area contributed by atoms with Crippen LogP contribution in [0.2, 0.25) is 0 Å². The monoisotopic (exact) mass is 164 g/mol. The van der Waals surface area contributed by atoms with E-state index in [4.69, 9.17) is 4.42 Å². The highest BCUT2D eigenvalue weighted by atomic mass is 16.3. The number of aryl methyl sites for hydroxylation is 1. The summed E-state index contributed by atoms with van der Waals surface area (Å²) in [5.41, 5.74) is 1.48. The molecule has 2 heteroatoms. The lowest BCUT2D eigenvalue weighted by molar-refractivity contribution is -0.103. The molecule has 0 spiro atoms. The molecule has 0 radical (unpaired) electrons. The summed E-state index contributed by atoms with van der Waals surface area (Å²) in [6.07, 6.45) is 4.28. The molecule has 1 aromatic rings. The van der Waals surface area contributed by atoms with Crippen LogP contribution in [0.25, 0.3) is 5.57 Å². The maximum atomic E-state index is 10.4. The van der Waals surface area contributed by atoms with Crippen LogP contribution in [0.5, 0.6) is 0 Å². The molecule has 2 nitrogen and oxygen atoms in total. The summed E-state index contributed by atoms with van der Waals surface area (Å²) in [7, 11) is 0. The molecule has 0 unspecified atom stereocenters. The molecule has 0 saturated heterocycles. The van der Waals surface area contributed by atoms with E-state index in [1.54, 1.807) is 6.26 Å². The molecule has 0 amide bonds. The molecule has 1 aromatic heterocycles. The third kappa shape index (κ3) is 1.64. The van der Waals surface area contributed by atoms with Crippen molar-refractivity contribution in [2.45, 2.75) is 19.8 Å². The zero-order chi connectivity index (χ0) is 8.97. The highest BCUT2D eigenvalue weighted by Gasteiger charge is 2.07. The second-order valence-corrected chi connectivity index (χ2v) is 2.67. The molecule has 12 heavy (non-hydrogen) atoms. The van der Waals surface area contributed by atoms with Crippen LogP contribution in [-0.2, 0) is 11.2 Å². The van der Waals surface area contributed by atoms with Crippen LogP contribution >= 0.6 is 0 Å². The summed E-state index contributed by atoms with van der Waals surface area (Å²) in [5.74, 6) is 0.631. The van der Waals surface area contributed by atoms with Crippen molar-refractivity contribution in [3.8, 4) is 0 Å². The minimum Gasteiger partial charge on any atom is -0.464 e. The number of carbonyl (C=O) groups is 1.